The monoisotopic (exact) mass is 220 g/mol. The van der Waals surface area contributed by atoms with E-state index in [0.717, 1.165) is 24.3 Å². The molecule has 1 unspecified atom stereocenters. The van der Waals surface area contributed by atoms with Crippen LogP contribution in [0.2, 0.25) is 0 Å². The second-order valence-corrected chi connectivity index (χ2v) is 4.56. The third-order valence-electron chi connectivity index (χ3n) is 3.45. The summed E-state index contributed by atoms with van der Waals surface area (Å²) in [5.41, 5.74) is 7.41. The van der Waals surface area contributed by atoms with E-state index in [9.17, 15) is 5.11 Å². The number of rotatable bonds is 3. The first-order valence-electron chi connectivity index (χ1n) is 6.02. The van der Waals surface area contributed by atoms with Gasteiger partial charge in [0.25, 0.3) is 0 Å². The molecule has 1 aliphatic rings. The van der Waals surface area contributed by atoms with Gasteiger partial charge in [0, 0.05) is 23.8 Å². The van der Waals surface area contributed by atoms with Crippen molar-refractivity contribution in [3.8, 4) is 5.75 Å². The van der Waals surface area contributed by atoms with Crippen molar-refractivity contribution in [3.05, 3.63) is 23.8 Å². The van der Waals surface area contributed by atoms with Crippen molar-refractivity contribution in [2.45, 2.75) is 38.8 Å². The Morgan fingerprint density at radius 3 is 3.06 bits per heavy atom. The zero-order valence-electron chi connectivity index (χ0n) is 9.82. The number of aromatic hydroxyl groups is 1. The highest BCUT2D eigenvalue weighted by molar-refractivity contribution is 5.47. The molecule has 1 heterocycles. The van der Waals surface area contributed by atoms with E-state index in [1.807, 2.05) is 6.07 Å². The van der Waals surface area contributed by atoms with Crippen LogP contribution >= 0.6 is 0 Å². The van der Waals surface area contributed by atoms with Gasteiger partial charge in [0.1, 0.15) is 5.75 Å². The highest BCUT2D eigenvalue weighted by atomic mass is 16.3. The zero-order chi connectivity index (χ0) is 11.5. The fourth-order valence-corrected chi connectivity index (χ4v) is 2.52. The number of anilines is 1. The van der Waals surface area contributed by atoms with Gasteiger partial charge in [0.2, 0.25) is 0 Å². The maximum absolute atomic E-state index is 9.77. The van der Waals surface area contributed by atoms with Crippen LogP contribution in [-0.4, -0.2) is 22.6 Å². The quantitative estimate of drug-likeness (QED) is 0.607. The fourth-order valence-electron chi connectivity index (χ4n) is 2.52. The van der Waals surface area contributed by atoms with E-state index >= 15 is 0 Å². The van der Waals surface area contributed by atoms with E-state index in [1.165, 1.54) is 19.3 Å². The SMILES string of the molecule is CCC1CCCN1Cc1cc(N)ccc1O. The van der Waals surface area contributed by atoms with Gasteiger partial charge in [-0.05, 0) is 44.0 Å². The van der Waals surface area contributed by atoms with E-state index in [-0.39, 0.29) is 0 Å². The van der Waals surface area contributed by atoms with Gasteiger partial charge in [0.15, 0.2) is 0 Å². The van der Waals surface area contributed by atoms with Crippen molar-refractivity contribution in [2.75, 3.05) is 12.3 Å². The van der Waals surface area contributed by atoms with Crippen LogP contribution in [0.1, 0.15) is 31.7 Å². The van der Waals surface area contributed by atoms with Gasteiger partial charge < -0.3 is 10.8 Å². The third kappa shape index (κ3) is 2.30. The standard InChI is InChI=1S/C13H20N2O/c1-2-12-4-3-7-15(12)9-10-8-11(14)5-6-13(10)16/h5-6,8,12,16H,2-4,7,9,14H2,1H3. The lowest BCUT2D eigenvalue weighted by Crippen LogP contribution is -2.28. The zero-order valence-corrected chi connectivity index (χ0v) is 9.82. The predicted octanol–water partition coefficient (Wildman–Crippen LogP) is 2.35. The number of nitrogens with two attached hydrogens (primary N) is 1. The van der Waals surface area contributed by atoms with Crippen molar-refractivity contribution in [3.63, 3.8) is 0 Å². The smallest absolute Gasteiger partial charge is 0.120 e. The highest BCUT2D eigenvalue weighted by Gasteiger charge is 2.23. The second-order valence-electron chi connectivity index (χ2n) is 4.56. The van der Waals surface area contributed by atoms with Gasteiger partial charge in [-0.1, -0.05) is 6.92 Å². The van der Waals surface area contributed by atoms with Crippen molar-refractivity contribution in [1.82, 2.24) is 4.90 Å². The molecule has 1 atom stereocenters. The molecule has 0 radical (unpaired) electrons. The number of phenolic OH excluding ortho intramolecular Hbond substituents is 1. The van der Waals surface area contributed by atoms with E-state index < -0.39 is 0 Å². The number of phenols is 1. The van der Waals surface area contributed by atoms with Gasteiger partial charge >= 0.3 is 0 Å². The normalized spacial score (nSPS) is 21.4. The highest BCUT2D eigenvalue weighted by Crippen LogP contribution is 2.26. The molecule has 0 aliphatic carbocycles. The maximum atomic E-state index is 9.77. The lowest BCUT2D eigenvalue weighted by atomic mass is 10.1. The summed E-state index contributed by atoms with van der Waals surface area (Å²) in [4.78, 5) is 2.44. The summed E-state index contributed by atoms with van der Waals surface area (Å²) in [6.45, 7) is 4.17. The molecule has 0 spiro atoms. The summed E-state index contributed by atoms with van der Waals surface area (Å²) in [6.07, 6.45) is 3.73. The number of likely N-dealkylation sites (tertiary alicyclic amines) is 1. The Balaban J connectivity index is 2.11. The van der Waals surface area contributed by atoms with Gasteiger partial charge in [0.05, 0.1) is 0 Å². The molecule has 88 valence electrons. The van der Waals surface area contributed by atoms with Crippen LogP contribution in [0.4, 0.5) is 5.69 Å². The molecule has 1 fully saturated rings. The summed E-state index contributed by atoms with van der Waals surface area (Å²) in [6, 6.07) is 5.96. The lowest BCUT2D eigenvalue weighted by Gasteiger charge is -2.23. The third-order valence-corrected chi connectivity index (χ3v) is 3.45. The molecule has 1 saturated heterocycles. The summed E-state index contributed by atoms with van der Waals surface area (Å²) in [5, 5.41) is 9.77. The Morgan fingerprint density at radius 2 is 2.31 bits per heavy atom. The molecule has 0 aromatic heterocycles. The van der Waals surface area contributed by atoms with Gasteiger partial charge in [-0.25, -0.2) is 0 Å². The number of nitrogen functional groups attached to an aromatic ring is 1. The molecule has 3 N–H and O–H groups in total. The van der Waals surface area contributed by atoms with Crippen LogP contribution in [-0.2, 0) is 6.54 Å². The molecule has 0 amide bonds. The maximum Gasteiger partial charge on any atom is 0.120 e. The van der Waals surface area contributed by atoms with Crippen molar-refractivity contribution in [1.29, 1.82) is 0 Å². The van der Waals surface area contributed by atoms with Gasteiger partial charge in [-0.2, -0.15) is 0 Å². The van der Waals surface area contributed by atoms with Crippen molar-refractivity contribution < 1.29 is 5.11 Å². The molecule has 1 aromatic rings. The largest absolute Gasteiger partial charge is 0.508 e. The first-order chi connectivity index (χ1) is 7.70. The molecule has 1 aliphatic heterocycles. The molecule has 1 aromatic carbocycles. The summed E-state index contributed by atoms with van der Waals surface area (Å²) in [5.74, 6) is 0.357. The minimum atomic E-state index is 0.357. The Kier molecular flexibility index (Phi) is 3.34. The second kappa shape index (κ2) is 4.74. The van der Waals surface area contributed by atoms with Crippen LogP contribution in [0, 0.1) is 0 Å². The number of benzene rings is 1. The number of hydrogen-bond acceptors (Lipinski definition) is 3. The Morgan fingerprint density at radius 1 is 1.50 bits per heavy atom. The Labute approximate surface area is 96.9 Å². The topological polar surface area (TPSA) is 49.5 Å². The van der Waals surface area contributed by atoms with Crippen LogP contribution in [0.15, 0.2) is 18.2 Å². The molecule has 0 bridgehead atoms. The van der Waals surface area contributed by atoms with E-state index in [4.69, 9.17) is 5.73 Å². The number of hydrogen-bond donors (Lipinski definition) is 2. The molecule has 3 nitrogen and oxygen atoms in total. The number of nitrogens with zero attached hydrogens (tertiary/aromatic N) is 1. The minimum Gasteiger partial charge on any atom is -0.508 e. The van der Waals surface area contributed by atoms with Crippen molar-refractivity contribution >= 4 is 5.69 Å². The van der Waals surface area contributed by atoms with Gasteiger partial charge in [-0.15, -0.1) is 0 Å². The van der Waals surface area contributed by atoms with E-state index in [1.54, 1.807) is 12.1 Å². The molecule has 3 heteroatoms. The first kappa shape index (κ1) is 11.3. The Hall–Kier alpha value is -1.22. The molecule has 0 saturated carbocycles. The Bertz CT molecular complexity index is 365. The van der Waals surface area contributed by atoms with Crippen LogP contribution in [0.5, 0.6) is 5.75 Å². The molecular weight excluding hydrogens is 200 g/mol. The first-order valence-corrected chi connectivity index (χ1v) is 6.02. The predicted molar refractivity (Wildman–Crippen MR) is 66.2 cm³/mol. The summed E-state index contributed by atoms with van der Waals surface area (Å²) in [7, 11) is 0. The van der Waals surface area contributed by atoms with E-state index in [0.29, 0.717) is 11.8 Å². The van der Waals surface area contributed by atoms with Gasteiger partial charge in [-0.3, -0.25) is 4.90 Å². The molecule has 16 heavy (non-hydrogen) atoms. The van der Waals surface area contributed by atoms with Crippen LogP contribution in [0.3, 0.4) is 0 Å². The molecular formula is C13H20N2O. The van der Waals surface area contributed by atoms with Crippen LogP contribution in [0.25, 0.3) is 0 Å². The van der Waals surface area contributed by atoms with Crippen molar-refractivity contribution in [2.24, 2.45) is 0 Å². The lowest BCUT2D eigenvalue weighted by molar-refractivity contribution is 0.237. The fraction of sp³-hybridized carbons (Fsp3) is 0.538. The van der Waals surface area contributed by atoms with E-state index in [2.05, 4.69) is 11.8 Å². The van der Waals surface area contributed by atoms with Crippen LogP contribution < -0.4 is 5.73 Å². The minimum absolute atomic E-state index is 0.357. The average molecular weight is 220 g/mol. The average Bonchev–Trinajstić information content (AvgIpc) is 2.71. The summed E-state index contributed by atoms with van der Waals surface area (Å²) >= 11 is 0. The molecule has 2 rings (SSSR count). The summed E-state index contributed by atoms with van der Waals surface area (Å²) < 4.78 is 0.